The number of guanidine groups is 1. The Labute approximate surface area is 182 Å². The lowest BCUT2D eigenvalue weighted by atomic mass is 9.94. The number of anilines is 1. The summed E-state index contributed by atoms with van der Waals surface area (Å²) in [7, 11) is 5.35. The maximum absolute atomic E-state index is 12.3. The molecule has 1 saturated heterocycles. The van der Waals surface area contributed by atoms with E-state index in [-0.39, 0.29) is 41.8 Å². The molecule has 1 aliphatic heterocycles. The van der Waals surface area contributed by atoms with Crippen molar-refractivity contribution in [2.45, 2.75) is 19.4 Å². The van der Waals surface area contributed by atoms with Crippen molar-refractivity contribution in [3.63, 3.8) is 0 Å². The zero-order chi connectivity index (χ0) is 19.6. The molecule has 0 spiro atoms. The third kappa shape index (κ3) is 4.57. The summed E-state index contributed by atoms with van der Waals surface area (Å²) in [5, 5.41) is 7.38. The molecule has 28 heavy (non-hydrogen) atoms. The number of nitrogens with two attached hydrogens (primary N) is 1. The van der Waals surface area contributed by atoms with E-state index in [0.717, 1.165) is 22.7 Å². The van der Waals surface area contributed by atoms with Gasteiger partial charge in [-0.3, -0.25) is 14.5 Å². The molecule has 1 aromatic carbocycles. The Hall–Kier alpha value is -2.30. The van der Waals surface area contributed by atoms with Gasteiger partial charge in [-0.1, -0.05) is 6.07 Å². The zero-order valence-corrected chi connectivity index (χ0v) is 18.9. The molecule has 0 saturated carbocycles. The summed E-state index contributed by atoms with van der Waals surface area (Å²) in [6.07, 6.45) is 2.29. The number of aliphatic imine (C=N–C) groups is 1. The number of nitrogens with one attached hydrogen (secondary N) is 1. The van der Waals surface area contributed by atoms with Crippen molar-refractivity contribution >= 4 is 41.5 Å². The molecule has 0 bridgehead atoms. The molecule has 3 N–H and O–H groups in total. The van der Waals surface area contributed by atoms with Crippen LogP contribution in [0.5, 0.6) is 5.75 Å². The molecule has 2 atom stereocenters. The number of nitrogens with zero attached hydrogens (tertiary/aromatic N) is 4. The van der Waals surface area contributed by atoms with Crippen LogP contribution in [0.25, 0.3) is 0 Å². The summed E-state index contributed by atoms with van der Waals surface area (Å²) in [6, 6.07) is 7.43. The Morgan fingerprint density at radius 2 is 2.18 bits per heavy atom. The minimum Gasteiger partial charge on any atom is -0.497 e. The summed E-state index contributed by atoms with van der Waals surface area (Å²) in [6.45, 7) is 2.47. The first-order valence-corrected chi connectivity index (χ1v) is 8.86. The number of likely N-dealkylation sites (tertiary alicyclic amines) is 1. The van der Waals surface area contributed by atoms with Gasteiger partial charge in [-0.2, -0.15) is 5.10 Å². The monoisotopic (exact) mass is 498 g/mol. The quantitative estimate of drug-likeness (QED) is 0.375. The molecule has 8 nitrogen and oxygen atoms in total. The Balaban J connectivity index is 0.00000280. The van der Waals surface area contributed by atoms with E-state index in [2.05, 4.69) is 15.4 Å². The average Bonchev–Trinajstić information content (AvgIpc) is 3.12. The van der Waals surface area contributed by atoms with Gasteiger partial charge in [-0.05, 0) is 19.1 Å². The highest BCUT2D eigenvalue weighted by Crippen LogP contribution is 2.38. The Kier molecular flexibility index (Phi) is 7.28. The molecule has 1 aromatic heterocycles. The first kappa shape index (κ1) is 22.0. The fourth-order valence-electron chi connectivity index (χ4n) is 3.49. The van der Waals surface area contributed by atoms with E-state index in [4.69, 9.17) is 10.5 Å². The minimum absolute atomic E-state index is 0. The number of hydrogen-bond acceptors (Lipinski definition) is 4. The third-order valence-electron chi connectivity index (χ3n) is 5.12. The first-order valence-electron chi connectivity index (χ1n) is 8.86. The van der Waals surface area contributed by atoms with Crippen LogP contribution >= 0.6 is 24.0 Å². The summed E-state index contributed by atoms with van der Waals surface area (Å²) < 4.78 is 7.03. The van der Waals surface area contributed by atoms with Gasteiger partial charge in [0.25, 0.3) is 0 Å². The van der Waals surface area contributed by atoms with Crippen LogP contribution in [0.4, 0.5) is 5.69 Å². The van der Waals surface area contributed by atoms with Crippen molar-refractivity contribution in [3.8, 4) is 5.75 Å². The largest absolute Gasteiger partial charge is 0.497 e. The fourth-order valence-corrected chi connectivity index (χ4v) is 3.49. The number of carbonyl (C=O) groups is 1. The van der Waals surface area contributed by atoms with E-state index < -0.39 is 0 Å². The third-order valence-corrected chi connectivity index (χ3v) is 5.12. The van der Waals surface area contributed by atoms with Crippen molar-refractivity contribution in [2.24, 2.45) is 23.7 Å². The van der Waals surface area contributed by atoms with Crippen LogP contribution in [0.15, 0.2) is 35.5 Å². The lowest BCUT2D eigenvalue weighted by molar-refractivity contribution is -0.127. The van der Waals surface area contributed by atoms with Gasteiger partial charge in [-0.25, -0.2) is 0 Å². The highest BCUT2D eigenvalue weighted by atomic mass is 127. The number of rotatable bonds is 5. The molecule has 3 rings (SSSR count). The number of methoxy groups -OCH3 is 1. The van der Waals surface area contributed by atoms with Crippen LogP contribution < -0.4 is 15.8 Å². The number of amides is 1. The van der Waals surface area contributed by atoms with Gasteiger partial charge in [0.15, 0.2) is 5.96 Å². The van der Waals surface area contributed by atoms with Crippen molar-refractivity contribution in [1.82, 2.24) is 14.7 Å². The summed E-state index contributed by atoms with van der Waals surface area (Å²) in [4.78, 5) is 18.5. The normalized spacial score (nSPS) is 19.5. The van der Waals surface area contributed by atoms with Crippen LogP contribution in [-0.4, -0.2) is 47.2 Å². The van der Waals surface area contributed by atoms with E-state index in [1.165, 1.54) is 0 Å². The molecule has 2 heterocycles. The molecule has 9 heteroatoms. The van der Waals surface area contributed by atoms with E-state index in [0.29, 0.717) is 18.9 Å². The summed E-state index contributed by atoms with van der Waals surface area (Å²) in [5.74, 6) is 1.22. The van der Waals surface area contributed by atoms with E-state index in [1.807, 2.05) is 56.2 Å². The fraction of sp³-hybridized carbons (Fsp3) is 0.421. The van der Waals surface area contributed by atoms with Gasteiger partial charge in [0, 0.05) is 56.0 Å². The summed E-state index contributed by atoms with van der Waals surface area (Å²) in [5.41, 5.74) is 8.96. The van der Waals surface area contributed by atoms with Crippen LogP contribution in [-0.2, 0) is 11.8 Å². The molecule has 0 unspecified atom stereocenters. The molecular formula is C19H27IN6O2. The van der Waals surface area contributed by atoms with Gasteiger partial charge >= 0.3 is 0 Å². The van der Waals surface area contributed by atoms with Gasteiger partial charge in [-0.15, -0.1) is 24.0 Å². The maximum atomic E-state index is 12.3. The number of halogens is 1. The standard InChI is InChI=1S/C19H26N6O2.HI/c1-12-16(11-22-25(12)3)18-13(8-17(26)24(18)2)10-21-19(20)23-14-6-5-7-15(9-14)27-4;/h5-7,9,11,13,18H,8,10H2,1-4H3,(H3,20,21,23);1H/t13-,18+;/m0./s1. The van der Waals surface area contributed by atoms with E-state index in [1.54, 1.807) is 12.0 Å². The maximum Gasteiger partial charge on any atom is 0.223 e. The van der Waals surface area contributed by atoms with Crippen molar-refractivity contribution < 1.29 is 9.53 Å². The van der Waals surface area contributed by atoms with Crippen LogP contribution in [0.3, 0.4) is 0 Å². The number of aryl methyl sites for hydroxylation is 1. The molecule has 1 amide bonds. The first-order chi connectivity index (χ1) is 12.9. The molecule has 2 aromatic rings. The lowest BCUT2D eigenvalue weighted by Crippen LogP contribution is -2.27. The number of hydrogen-bond donors (Lipinski definition) is 2. The molecule has 1 aliphatic rings. The lowest BCUT2D eigenvalue weighted by Gasteiger charge is -2.24. The predicted octanol–water partition coefficient (Wildman–Crippen LogP) is 2.30. The van der Waals surface area contributed by atoms with Crippen LogP contribution in [0.2, 0.25) is 0 Å². The average molecular weight is 498 g/mol. The van der Waals surface area contributed by atoms with Crippen LogP contribution in [0.1, 0.15) is 23.7 Å². The Bertz CT molecular complexity index is 866. The minimum atomic E-state index is -0.0421. The smallest absolute Gasteiger partial charge is 0.223 e. The summed E-state index contributed by atoms with van der Waals surface area (Å²) >= 11 is 0. The van der Waals surface area contributed by atoms with Gasteiger partial charge in [0.1, 0.15) is 5.75 Å². The second-order valence-electron chi connectivity index (χ2n) is 6.81. The number of carbonyl (C=O) groups excluding carboxylic acids is 1. The molecule has 152 valence electrons. The van der Waals surface area contributed by atoms with Crippen molar-refractivity contribution in [2.75, 3.05) is 26.0 Å². The van der Waals surface area contributed by atoms with Crippen molar-refractivity contribution in [1.29, 1.82) is 0 Å². The van der Waals surface area contributed by atoms with Gasteiger partial charge in [0.2, 0.25) is 5.91 Å². The second kappa shape index (κ2) is 9.26. The predicted molar refractivity (Wildman–Crippen MR) is 120 cm³/mol. The topological polar surface area (TPSA) is 97.8 Å². The number of benzene rings is 1. The molecular weight excluding hydrogens is 471 g/mol. The SMILES string of the molecule is COc1cccc(NC(N)=NC[C@@H]2CC(=O)N(C)[C@H]2c2cnn(C)c2C)c1.I. The second-order valence-corrected chi connectivity index (χ2v) is 6.81. The van der Waals surface area contributed by atoms with Crippen molar-refractivity contribution in [3.05, 3.63) is 41.7 Å². The number of ether oxygens (including phenoxy) is 1. The number of aromatic nitrogens is 2. The highest BCUT2D eigenvalue weighted by molar-refractivity contribution is 14.0. The van der Waals surface area contributed by atoms with Gasteiger partial charge < -0.3 is 20.7 Å². The Morgan fingerprint density at radius 1 is 1.43 bits per heavy atom. The molecule has 0 aliphatic carbocycles. The van der Waals surface area contributed by atoms with E-state index in [9.17, 15) is 4.79 Å². The highest BCUT2D eigenvalue weighted by Gasteiger charge is 2.39. The molecule has 0 radical (unpaired) electrons. The zero-order valence-electron chi connectivity index (χ0n) is 16.5. The van der Waals surface area contributed by atoms with Gasteiger partial charge in [0.05, 0.1) is 19.3 Å². The van der Waals surface area contributed by atoms with E-state index >= 15 is 0 Å². The Morgan fingerprint density at radius 3 is 2.82 bits per heavy atom. The van der Waals surface area contributed by atoms with Crippen LogP contribution in [0, 0.1) is 12.8 Å². The molecule has 1 fully saturated rings.